The highest BCUT2D eigenvalue weighted by Gasteiger charge is 2.33. The van der Waals surface area contributed by atoms with Gasteiger partial charge < -0.3 is 10.2 Å². The SMILES string of the molecule is CCN(c1nccc(C(=O)Nc2cccc(F)c2)n1)C1CCS(=O)(=O)C1. The molecule has 1 saturated heterocycles. The van der Waals surface area contributed by atoms with Gasteiger partial charge in [0.2, 0.25) is 5.95 Å². The van der Waals surface area contributed by atoms with Crippen LogP contribution in [-0.4, -0.2) is 48.4 Å². The molecular weight excluding hydrogens is 359 g/mol. The minimum absolute atomic E-state index is 0.0594. The van der Waals surface area contributed by atoms with Gasteiger partial charge in [-0.2, -0.15) is 0 Å². The summed E-state index contributed by atoms with van der Waals surface area (Å²) >= 11 is 0. The van der Waals surface area contributed by atoms with Crippen LogP contribution in [0.25, 0.3) is 0 Å². The number of hydrogen-bond acceptors (Lipinski definition) is 6. The summed E-state index contributed by atoms with van der Waals surface area (Å²) in [5.74, 6) is -0.431. The lowest BCUT2D eigenvalue weighted by Crippen LogP contribution is -2.37. The van der Waals surface area contributed by atoms with Gasteiger partial charge in [-0.05, 0) is 37.6 Å². The minimum Gasteiger partial charge on any atom is -0.337 e. The van der Waals surface area contributed by atoms with Gasteiger partial charge >= 0.3 is 0 Å². The predicted octanol–water partition coefficient (Wildman–Crippen LogP) is 1.88. The van der Waals surface area contributed by atoms with Crippen molar-refractivity contribution in [3.8, 4) is 0 Å². The lowest BCUT2D eigenvalue weighted by atomic mass is 10.2. The second-order valence-corrected chi connectivity index (χ2v) is 8.28. The lowest BCUT2D eigenvalue weighted by Gasteiger charge is -2.26. The second kappa shape index (κ2) is 7.36. The quantitative estimate of drug-likeness (QED) is 0.854. The summed E-state index contributed by atoms with van der Waals surface area (Å²) in [4.78, 5) is 22.6. The third-order valence-electron chi connectivity index (χ3n) is 4.20. The van der Waals surface area contributed by atoms with Crippen LogP contribution in [0, 0.1) is 5.82 Å². The molecule has 1 aliphatic heterocycles. The molecule has 2 aromatic rings. The largest absolute Gasteiger partial charge is 0.337 e. The maximum Gasteiger partial charge on any atom is 0.274 e. The van der Waals surface area contributed by atoms with E-state index in [0.717, 1.165) is 0 Å². The Hall–Kier alpha value is -2.55. The molecule has 1 fully saturated rings. The van der Waals surface area contributed by atoms with Crippen molar-refractivity contribution in [2.24, 2.45) is 0 Å². The van der Waals surface area contributed by atoms with Gasteiger partial charge in [-0.3, -0.25) is 4.79 Å². The molecule has 2 heterocycles. The molecule has 9 heteroatoms. The summed E-state index contributed by atoms with van der Waals surface area (Å²) in [7, 11) is -3.04. The Balaban J connectivity index is 1.79. The Morgan fingerprint density at radius 1 is 1.38 bits per heavy atom. The molecule has 0 bridgehead atoms. The average molecular weight is 378 g/mol. The fourth-order valence-corrected chi connectivity index (χ4v) is 4.69. The van der Waals surface area contributed by atoms with Gasteiger partial charge in [0.15, 0.2) is 9.84 Å². The number of sulfone groups is 1. The van der Waals surface area contributed by atoms with Crippen molar-refractivity contribution in [3.63, 3.8) is 0 Å². The van der Waals surface area contributed by atoms with E-state index in [1.54, 1.807) is 11.0 Å². The van der Waals surface area contributed by atoms with Crippen LogP contribution in [0.2, 0.25) is 0 Å². The summed E-state index contributed by atoms with van der Waals surface area (Å²) in [5.41, 5.74) is 0.447. The molecule has 0 saturated carbocycles. The van der Waals surface area contributed by atoms with E-state index in [1.807, 2.05) is 6.92 Å². The van der Waals surface area contributed by atoms with Gasteiger partial charge in [0.1, 0.15) is 11.5 Å². The van der Waals surface area contributed by atoms with Crippen LogP contribution in [-0.2, 0) is 9.84 Å². The zero-order valence-corrected chi connectivity index (χ0v) is 15.0. The Bertz CT molecular complexity index is 920. The van der Waals surface area contributed by atoms with Crippen molar-refractivity contribution in [1.82, 2.24) is 9.97 Å². The Kier molecular flexibility index (Phi) is 5.17. The van der Waals surface area contributed by atoms with E-state index < -0.39 is 21.6 Å². The standard InChI is InChI=1S/C17H19FN4O3S/c1-2-22(14-7-9-26(24,25)11-14)17-19-8-6-15(21-17)16(23)20-13-5-3-4-12(18)10-13/h3-6,8,10,14H,2,7,9,11H2,1H3,(H,20,23). The number of amides is 1. The van der Waals surface area contributed by atoms with E-state index in [1.165, 1.54) is 30.5 Å². The maximum absolute atomic E-state index is 13.2. The number of halogens is 1. The number of aromatic nitrogens is 2. The first-order chi connectivity index (χ1) is 12.4. The smallest absolute Gasteiger partial charge is 0.274 e. The van der Waals surface area contributed by atoms with Crippen LogP contribution in [0.3, 0.4) is 0 Å². The van der Waals surface area contributed by atoms with E-state index in [9.17, 15) is 17.6 Å². The molecule has 0 spiro atoms. The molecule has 1 N–H and O–H groups in total. The van der Waals surface area contributed by atoms with E-state index in [2.05, 4.69) is 15.3 Å². The minimum atomic E-state index is -3.04. The fraction of sp³-hybridized carbons (Fsp3) is 0.353. The molecule has 1 aromatic heterocycles. The summed E-state index contributed by atoms with van der Waals surface area (Å²) in [6, 6.07) is 6.82. The third-order valence-corrected chi connectivity index (χ3v) is 5.96. The number of benzene rings is 1. The molecule has 3 rings (SSSR count). The molecule has 7 nitrogen and oxygen atoms in total. The Morgan fingerprint density at radius 3 is 2.85 bits per heavy atom. The van der Waals surface area contributed by atoms with E-state index in [-0.39, 0.29) is 23.2 Å². The third kappa shape index (κ3) is 4.16. The van der Waals surface area contributed by atoms with Crippen LogP contribution in [0.5, 0.6) is 0 Å². The first-order valence-corrected chi connectivity index (χ1v) is 10.1. The van der Waals surface area contributed by atoms with E-state index >= 15 is 0 Å². The highest BCUT2D eigenvalue weighted by Crippen LogP contribution is 2.21. The molecule has 138 valence electrons. The van der Waals surface area contributed by atoms with E-state index in [4.69, 9.17) is 0 Å². The fourth-order valence-electron chi connectivity index (χ4n) is 2.96. The number of rotatable bonds is 5. The summed E-state index contributed by atoms with van der Waals surface area (Å²) in [5, 5.41) is 2.58. The molecular formula is C17H19FN4O3S. The van der Waals surface area contributed by atoms with E-state index in [0.29, 0.717) is 24.6 Å². The Labute approximate surface area is 151 Å². The van der Waals surface area contributed by atoms with Gasteiger partial charge in [-0.25, -0.2) is 22.8 Å². The van der Waals surface area contributed by atoms with Gasteiger partial charge in [0.25, 0.3) is 5.91 Å². The number of carbonyl (C=O) groups is 1. The van der Waals surface area contributed by atoms with Crippen molar-refractivity contribution < 1.29 is 17.6 Å². The van der Waals surface area contributed by atoms with Crippen LogP contribution < -0.4 is 10.2 Å². The maximum atomic E-state index is 13.2. The van der Waals surface area contributed by atoms with Gasteiger partial charge in [0.05, 0.1) is 11.5 Å². The molecule has 1 aromatic carbocycles. The second-order valence-electron chi connectivity index (χ2n) is 6.05. The topological polar surface area (TPSA) is 92.3 Å². The van der Waals surface area contributed by atoms with Crippen molar-refractivity contribution in [2.75, 3.05) is 28.3 Å². The first kappa shape index (κ1) is 18.2. The molecule has 0 radical (unpaired) electrons. The summed E-state index contributed by atoms with van der Waals surface area (Å²) in [6.45, 7) is 2.41. The van der Waals surface area contributed by atoms with Crippen LogP contribution in [0.4, 0.5) is 16.0 Å². The van der Waals surface area contributed by atoms with Crippen molar-refractivity contribution in [2.45, 2.75) is 19.4 Å². The molecule has 1 unspecified atom stereocenters. The highest BCUT2D eigenvalue weighted by molar-refractivity contribution is 7.91. The van der Waals surface area contributed by atoms with Crippen LogP contribution in [0.1, 0.15) is 23.8 Å². The number of carbonyl (C=O) groups excluding carboxylic acids is 1. The number of nitrogens with one attached hydrogen (secondary N) is 1. The molecule has 1 atom stereocenters. The lowest BCUT2D eigenvalue weighted by molar-refractivity contribution is 0.102. The normalized spacial score (nSPS) is 18.5. The molecule has 1 amide bonds. The van der Waals surface area contributed by atoms with Crippen molar-refractivity contribution >= 4 is 27.4 Å². The van der Waals surface area contributed by atoms with Crippen molar-refractivity contribution in [3.05, 3.63) is 48.0 Å². The van der Waals surface area contributed by atoms with Gasteiger partial charge in [-0.15, -0.1) is 0 Å². The van der Waals surface area contributed by atoms with Gasteiger partial charge in [-0.1, -0.05) is 6.07 Å². The number of nitrogens with zero attached hydrogens (tertiary/aromatic N) is 3. The zero-order chi connectivity index (χ0) is 18.7. The van der Waals surface area contributed by atoms with Crippen molar-refractivity contribution in [1.29, 1.82) is 0 Å². The average Bonchev–Trinajstić information content (AvgIpc) is 2.95. The summed E-state index contributed by atoms with van der Waals surface area (Å²) in [6.07, 6.45) is 1.97. The molecule has 26 heavy (non-hydrogen) atoms. The first-order valence-electron chi connectivity index (χ1n) is 8.25. The monoisotopic (exact) mass is 378 g/mol. The molecule has 1 aliphatic rings. The number of anilines is 2. The number of hydrogen-bond donors (Lipinski definition) is 1. The summed E-state index contributed by atoms with van der Waals surface area (Å²) < 4.78 is 36.7. The van der Waals surface area contributed by atoms with Crippen LogP contribution in [0.15, 0.2) is 36.5 Å². The van der Waals surface area contributed by atoms with Gasteiger partial charge in [0, 0.05) is 24.5 Å². The highest BCUT2D eigenvalue weighted by atomic mass is 32.2. The predicted molar refractivity (Wildman–Crippen MR) is 96.5 cm³/mol. The Morgan fingerprint density at radius 2 is 2.19 bits per heavy atom. The van der Waals surface area contributed by atoms with Crippen LogP contribution >= 0.6 is 0 Å². The zero-order valence-electron chi connectivity index (χ0n) is 14.2. The molecule has 0 aliphatic carbocycles.